The summed E-state index contributed by atoms with van der Waals surface area (Å²) in [7, 11) is 1.30. The van der Waals surface area contributed by atoms with E-state index in [2.05, 4.69) is 0 Å². The minimum Gasteiger partial charge on any atom is -0.286 e. The number of amides is 1. The van der Waals surface area contributed by atoms with Crippen LogP contribution in [-0.4, -0.2) is 29.5 Å². The number of hydroxylamine groups is 2. The van der Waals surface area contributed by atoms with Crippen molar-refractivity contribution in [1.82, 2.24) is 5.06 Å². The lowest BCUT2D eigenvalue weighted by Crippen LogP contribution is -2.19. The molecular formula is C11H13NO2S. The molecule has 1 aromatic rings. The summed E-state index contributed by atoms with van der Waals surface area (Å²) in [6.07, 6.45) is 5.02. The van der Waals surface area contributed by atoms with Gasteiger partial charge in [0.25, 0.3) is 5.91 Å². The van der Waals surface area contributed by atoms with Gasteiger partial charge in [-0.2, -0.15) is 0 Å². The van der Waals surface area contributed by atoms with Crippen LogP contribution in [0, 0.1) is 0 Å². The first-order chi connectivity index (χ1) is 7.15. The summed E-state index contributed by atoms with van der Waals surface area (Å²) < 4.78 is 0. The zero-order chi connectivity index (χ0) is 11.3. The third kappa shape index (κ3) is 3.42. The fourth-order valence-corrected chi connectivity index (χ4v) is 1.66. The molecule has 1 aromatic carbocycles. The Morgan fingerprint density at radius 2 is 2.13 bits per heavy atom. The first kappa shape index (κ1) is 11.8. The van der Waals surface area contributed by atoms with Gasteiger partial charge in [-0.1, -0.05) is 18.2 Å². The molecule has 0 aliphatic carbocycles. The third-order valence-corrected chi connectivity index (χ3v) is 2.67. The maximum absolute atomic E-state index is 11.1. The number of nitrogens with zero attached hydrogens (tertiary/aromatic N) is 1. The second-order valence-corrected chi connectivity index (χ2v) is 3.79. The molecule has 4 heteroatoms. The second kappa shape index (κ2) is 5.58. The number of likely N-dealkylation sites (N-methyl/N-ethyl adjacent to an activating group) is 1. The van der Waals surface area contributed by atoms with Crippen molar-refractivity contribution in [2.75, 3.05) is 13.3 Å². The van der Waals surface area contributed by atoms with Gasteiger partial charge in [-0.05, 0) is 24.0 Å². The number of benzene rings is 1. The number of carbonyl (C=O) groups is 1. The molecule has 0 aliphatic rings. The van der Waals surface area contributed by atoms with E-state index in [9.17, 15) is 4.79 Å². The van der Waals surface area contributed by atoms with Crippen molar-refractivity contribution >= 4 is 23.7 Å². The van der Waals surface area contributed by atoms with E-state index >= 15 is 0 Å². The fraction of sp³-hybridized carbons (Fsp3) is 0.182. The van der Waals surface area contributed by atoms with Gasteiger partial charge in [-0.25, -0.2) is 5.06 Å². The van der Waals surface area contributed by atoms with Gasteiger partial charge in [-0.15, -0.1) is 11.8 Å². The van der Waals surface area contributed by atoms with Gasteiger partial charge in [0.05, 0.1) is 0 Å². The normalized spacial score (nSPS) is 10.6. The monoisotopic (exact) mass is 223 g/mol. The van der Waals surface area contributed by atoms with Gasteiger partial charge in [0.1, 0.15) is 0 Å². The molecule has 0 bridgehead atoms. The Kier molecular flexibility index (Phi) is 4.39. The van der Waals surface area contributed by atoms with E-state index in [1.807, 2.05) is 30.5 Å². The highest BCUT2D eigenvalue weighted by Gasteiger charge is 2.00. The molecule has 0 radical (unpaired) electrons. The van der Waals surface area contributed by atoms with Crippen LogP contribution in [-0.2, 0) is 4.79 Å². The average molecular weight is 223 g/mol. The van der Waals surface area contributed by atoms with Gasteiger partial charge >= 0.3 is 0 Å². The lowest BCUT2D eigenvalue weighted by molar-refractivity contribution is -0.153. The lowest BCUT2D eigenvalue weighted by Gasteiger charge is -2.04. The Morgan fingerprint density at radius 3 is 2.73 bits per heavy atom. The summed E-state index contributed by atoms with van der Waals surface area (Å²) >= 11 is 1.62. The van der Waals surface area contributed by atoms with E-state index in [1.54, 1.807) is 17.8 Å². The Balaban J connectivity index is 2.84. The summed E-state index contributed by atoms with van der Waals surface area (Å²) in [6, 6.07) is 7.76. The van der Waals surface area contributed by atoms with Gasteiger partial charge in [0.15, 0.2) is 0 Å². The standard InChI is InChI=1S/C11H13NO2S/c1-12(14)11(13)8-7-9-5-3-4-6-10(9)15-2/h3-8,14H,1-2H3/b8-7-. The smallest absolute Gasteiger partial charge is 0.269 e. The van der Waals surface area contributed by atoms with Crippen LogP contribution in [0.4, 0.5) is 0 Å². The summed E-state index contributed by atoms with van der Waals surface area (Å²) in [6.45, 7) is 0. The van der Waals surface area contributed by atoms with Crippen molar-refractivity contribution in [3.8, 4) is 0 Å². The van der Waals surface area contributed by atoms with Crippen LogP contribution in [0.2, 0.25) is 0 Å². The Morgan fingerprint density at radius 1 is 1.47 bits per heavy atom. The van der Waals surface area contributed by atoms with Crippen molar-refractivity contribution in [1.29, 1.82) is 0 Å². The van der Waals surface area contributed by atoms with Crippen LogP contribution in [0.25, 0.3) is 6.08 Å². The van der Waals surface area contributed by atoms with Crippen molar-refractivity contribution < 1.29 is 10.0 Å². The Bertz CT molecular complexity index is 375. The van der Waals surface area contributed by atoms with Crippen LogP contribution in [0.1, 0.15) is 5.56 Å². The van der Waals surface area contributed by atoms with E-state index < -0.39 is 5.91 Å². The first-order valence-electron chi connectivity index (χ1n) is 4.43. The Labute approximate surface area is 93.4 Å². The minimum atomic E-state index is -0.439. The molecule has 1 N–H and O–H groups in total. The van der Waals surface area contributed by atoms with Gasteiger partial charge in [0.2, 0.25) is 0 Å². The second-order valence-electron chi connectivity index (χ2n) is 2.94. The lowest BCUT2D eigenvalue weighted by atomic mass is 10.2. The molecule has 0 fully saturated rings. The number of carbonyl (C=O) groups excluding carboxylic acids is 1. The van der Waals surface area contributed by atoms with Crippen LogP contribution in [0.5, 0.6) is 0 Å². The predicted octanol–water partition coefficient (Wildman–Crippen LogP) is 2.27. The predicted molar refractivity (Wildman–Crippen MR) is 61.8 cm³/mol. The van der Waals surface area contributed by atoms with Crippen molar-refractivity contribution in [3.05, 3.63) is 35.9 Å². The number of hydrogen-bond acceptors (Lipinski definition) is 3. The highest BCUT2D eigenvalue weighted by molar-refractivity contribution is 7.98. The van der Waals surface area contributed by atoms with E-state index in [1.165, 1.54) is 13.1 Å². The van der Waals surface area contributed by atoms with Crippen LogP contribution >= 0.6 is 11.8 Å². The molecule has 1 rings (SSSR count). The topological polar surface area (TPSA) is 40.5 Å². The van der Waals surface area contributed by atoms with Crippen molar-refractivity contribution in [2.24, 2.45) is 0 Å². The summed E-state index contributed by atoms with van der Waals surface area (Å²) in [5, 5.41) is 9.41. The van der Waals surface area contributed by atoms with Crippen LogP contribution in [0.3, 0.4) is 0 Å². The summed E-state index contributed by atoms with van der Waals surface area (Å²) in [4.78, 5) is 12.2. The van der Waals surface area contributed by atoms with Crippen LogP contribution in [0.15, 0.2) is 35.2 Å². The van der Waals surface area contributed by atoms with Crippen LogP contribution < -0.4 is 0 Å². The Hall–Kier alpha value is -1.26. The number of rotatable bonds is 3. The third-order valence-electron chi connectivity index (χ3n) is 1.86. The summed E-state index contributed by atoms with van der Waals surface area (Å²) in [5.41, 5.74) is 0.972. The van der Waals surface area contributed by atoms with E-state index in [0.717, 1.165) is 10.5 Å². The molecule has 0 unspecified atom stereocenters. The van der Waals surface area contributed by atoms with E-state index in [0.29, 0.717) is 5.06 Å². The van der Waals surface area contributed by atoms with Crippen molar-refractivity contribution in [3.63, 3.8) is 0 Å². The number of thioether (sulfide) groups is 1. The highest BCUT2D eigenvalue weighted by Crippen LogP contribution is 2.20. The van der Waals surface area contributed by atoms with E-state index in [-0.39, 0.29) is 0 Å². The minimum absolute atomic E-state index is 0.439. The molecule has 1 amide bonds. The largest absolute Gasteiger partial charge is 0.286 e. The fourth-order valence-electron chi connectivity index (χ4n) is 1.07. The summed E-state index contributed by atoms with van der Waals surface area (Å²) in [5.74, 6) is -0.439. The number of hydrogen-bond donors (Lipinski definition) is 1. The highest BCUT2D eigenvalue weighted by atomic mass is 32.2. The molecule has 80 valence electrons. The molecule has 0 aromatic heterocycles. The molecule has 0 heterocycles. The molecule has 0 spiro atoms. The average Bonchev–Trinajstić information content (AvgIpc) is 2.26. The molecule has 15 heavy (non-hydrogen) atoms. The van der Waals surface area contributed by atoms with Gasteiger partial charge < -0.3 is 0 Å². The van der Waals surface area contributed by atoms with E-state index in [4.69, 9.17) is 5.21 Å². The van der Waals surface area contributed by atoms with Crippen molar-refractivity contribution in [2.45, 2.75) is 4.90 Å². The maximum Gasteiger partial charge on any atom is 0.269 e. The molecular weight excluding hydrogens is 210 g/mol. The zero-order valence-corrected chi connectivity index (χ0v) is 9.49. The van der Waals surface area contributed by atoms with Gasteiger partial charge in [-0.3, -0.25) is 10.0 Å². The van der Waals surface area contributed by atoms with Gasteiger partial charge in [0, 0.05) is 18.0 Å². The molecule has 0 saturated carbocycles. The molecule has 0 atom stereocenters. The zero-order valence-electron chi connectivity index (χ0n) is 8.68. The SMILES string of the molecule is CSc1ccccc1/C=C\C(=O)N(C)O. The molecule has 0 aliphatic heterocycles. The first-order valence-corrected chi connectivity index (χ1v) is 5.65. The maximum atomic E-state index is 11.1. The molecule has 3 nitrogen and oxygen atoms in total. The quantitative estimate of drug-likeness (QED) is 0.370. The molecule has 0 saturated heterocycles.